The molecule has 0 spiro atoms. The number of nitrogens with zero attached hydrogens (tertiary/aromatic N) is 1. The van der Waals surface area contributed by atoms with Crippen LogP contribution in [0.25, 0.3) is 22.8 Å². The highest BCUT2D eigenvalue weighted by molar-refractivity contribution is 8.01. The second-order valence-electron chi connectivity index (χ2n) is 14.5. The lowest BCUT2D eigenvalue weighted by Gasteiger charge is -2.22. The van der Waals surface area contributed by atoms with E-state index in [4.69, 9.17) is 14.5 Å². The van der Waals surface area contributed by atoms with E-state index >= 15 is 0 Å². The SMILES string of the molecule is C=CC(=O)OCC(COC(=O)C=C)NC(C)C(=O)NC1=N/C(=C\c2[nH]c(NC(=O)C(C)SC(COC=O)C(=O)O)c(C(=O)NC)c2-c2ccccc2C)C(c2ccccc2C)=C1C(=O)NC. The minimum Gasteiger partial charge on any atom is -0.480 e. The van der Waals surface area contributed by atoms with E-state index in [-0.39, 0.29) is 53.9 Å². The lowest BCUT2D eigenvalue weighted by molar-refractivity contribution is -0.142. The number of aromatic amines is 1. The lowest BCUT2D eigenvalue weighted by atomic mass is 9.92. The Kier molecular flexibility index (Phi) is 18.5. The first-order valence-corrected chi connectivity index (χ1v) is 21.2. The van der Waals surface area contributed by atoms with Gasteiger partial charge >= 0.3 is 17.9 Å². The van der Waals surface area contributed by atoms with E-state index < -0.39 is 70.7 Å². The number of anilines is 1. The number of H-pyrrole nitrogens is 1. The number of hydrogen-bond donors (Lipinski definition) is 7. The van der Waals surface area contributed by atoms with Gasteiger partial charge in [0.25, 0.3) is 18.3 Å². The molecule has 0 bridgehead atoms. The maximum atomic E-state index is 14.0. The number of likely N-dealkylation sites (N-methyl/N-ethyl adjacent to an activating group) is 1. The number of hydrogen-bond acceptors (Lipinski definition) is 14. The number of carbonyl (C=O) groups excluding carboxylic acids is 7. The van der Waals surface area contributed by atoms with Gasteiger partial charge in [-0.2, -0.15) is 0 Å². The number of allylic oxidation sites excluding steroid dienone is 1. The van der Waals surface area contributed by atoms with Gasteiger partial charge in [0.1, 0.15) is 36.7 Å². The van der Waals surface area contributed by atoms with Gasteiger partial charge in [0.05, 0.1) is 39.9 Å². The van der Waals surface area contributed by atoms with Gasteiger partial charge in [-0.25, -0.2) is 14.6 Å². The molecule has 0 saturated heterocycles. The number of rotatable bonds is 22. The molecule has 2 heterocycles. The van der Waals surface area contributed by atoms with Gasteiger partial charge in [-0.15, -0.1) is 11.8 Å². The number of aliphatic imine (C=N–C) groups is 1. The molecule has 2 aromatic carbocycles. The Morgan fingerprint density at radius 1 is 0.818 bits per heavy atom. The van der Waals surface area contributed by atoms with E-state index in [1.54, 1.807) is 30.3 Å². The number of amides is 4. The molecule has 4 rings (SSSR count). The average molecular weight is 926 g/mol. The molecule has 0 fully saturated rings. The summed E-state index contributed by atoms with van der Waals surface area (Å²) in [5.41, 5.74) is 3.65. The first kappa shape index (κ1) is 51.1. The van der Waals surface area contributed by atoms with Crippen LogP contribution in [-0.2, 0) is 47.8 Å². The van der Waals surface area contributed by atoms with E-state index in [1.165, 1.54) is 27.9 Å². The summed E-state index contributed by atoms with van der Waals surface area (Å²) < 4.78 is 14.9. The maximum absolute atomic E-state index is 14.0. The van der Waals surface area contributed by atoms with Crippen LogP contribution in [0, 0.1) is 13.8 Å². The van der Waals surface area contributed by atoms with Crippen molar-refractivity contribution in [3.8, 4) is 11.1 Å². The van der Waals surface area contributed by atoms with E-state index in [0.29, 0.717) is 22.3 Å². The van der Waals surface area contributed by atoms with Gasteiger partial charge < -0.3 is 45.6 Å². The summed E-state index contributed by atoms with van der Waals surface area (Å²) >= 11 is 0.730. The van der Waals surface area contributed by atoms with Gasteiger partial charge in [0.15, 0.2) is 0 Å². The number of ether oxygens (including phenoxy) is 3. The van der Waals surface area contributed by atoms with Crippen LogP contribution in [0.4, 0.5) is 5.82 Å². The van der Waals surface area contributed by atoms with Crippen molar-refractivity contribution in [2.45, 2.75) is 50.3 Å². The van der Waals surface area contributed by atoms with Gasteiger partial charge in [-0.1, -0.05) is 61.7 Å². The zero-order chi connectivity index (χ0) is 48.7. The van der Waals surface area contributed by atoms with Crippen molar-refractivity contribution in [1.29, 1.82) is 0 Å². The van der Waals surface area contributed by atoms with Gasteiger partial charge in [-0.3, -0.25) is 34.1 Å². The van der Waals surface area contributed by atoms with Crippen molar-refractivity contribution < 1.29 is 57.7 Å². The van der Waals surface area contributed by atoms with Gasteiger partial charge in [0, 0.05) is 37.4 Å². The summed E-state index contributed by atoms with van der Waals surface area (Å²) in [4.78, 5) is 110. The largest absolute Gasteiger partial charge is 0.480 e. The molecule has 66 heavy (non-hydrogen) atoms. The number of aromatic nitrogens is 1. The van der Waals surface area contributed by atoms with Crippen molar-refractivity contribution in [3.05, 3.63) is 113 Å². The van der Waals surface area contributed by atoms with Crippen LogP contribution >= 0.6 is 11.8 Å². The second kappa shape index (κ2) is 23.9. The van der Waals surface area contributed by atoms with Crippen molar-refractivity contribution >= 4 is 83.1 Å². The van der Waals surface area contributed by atoms with Crippen LogP contribution in [0.1, 0.15) is 46.6 Å². The molecule has 0 saturated carbocycles. The summed E-state index contributed by atoms with van der Waals surface area (Å²) in [5.74, 6) is -5.59. The first-order valence-electron chi connectivity index (χ1n) is 20.3. The molecule has 1 aromatic heterocycles. The minimum absolute atomic E-state index is 0.0127. The van der Waals surface area contributed by atoms with E-state index in [0.717, 1.165) is 35.0 Å². The number of carboxylic acid groups (broad SMARTS) is 1. The van der Waals surface area contributed by atoms with Crippen molar-refractivity contribution in [2.24, 2.45) is 4.99 Å². The number of thioether (sulfide) groups is 1. The molecular formula is C46H51N7O12S. The van der Waals surface area contributed by atoms with Crippen LogP contribution in [0.5, 0.6) is 0 Å². The summed E-state index contributed by atoms with van der Waals surface area (Å²) in [5, 5.41) is 21.1. The van der Waals surface area contributed by atoms with Crippen molar-refractivity contribution in [1.82, 2.24) is 26.3 Å². The molecule has 3 aromatic rings. The molecule has 0 radical (unpaired) electrons. The number of carboxylic acids is 1. The van der Waals surface area contributed by atoms with Crippen LogP contribution in [0.3, 0.4) is 0 Å². The first-order chi connectivity index (χ1) is 31.5. The zero-order valence-corrected chi connectivity index (χ0v) is 37.9. The molecule has 7 N–H and O–H groups in total. The predicted octanol–water partition coefficient (Wildman–Crippen LogP) is 3.22. The Hall–Kier alpha value is -7.58. The van der Waals surface area contributed by atoms with Gasteiger partial charge in [0.2, 0.25) is 11.8 Å². The highest BCUT2D eigenvalue weighted by atomic mass is 32.2. The quantitative estimate of drug-likeness (QED) is 0.0330. The summed E-state index contributed by atoms with van der Waals surface area (Å²) in [6.07, 6.45) is 3.48. The molecule has 19 nitrogen and oxygen atoms in total. The van der Waals surface area contributed by atoms with Crippen molar-refractivity contribution in [3.63, 3.8) is 0 Å². The number of nitrogens with one attached hydrogen (secondary N) is 6. The Balaban J connectivity index is 1.92. The van der Waals surface area contributed by atoms with Crippen LogP contribution in [0.2, 0.25) is 0 Å². The van der Waals surface area contributed by atoms with Crippen LogP contribution in [-0.4, -0.2) is 120 Å². The molecule has 20 heteroatoms. The molecule has 3 atom stereocenters. The summed E-state index contributed by atoms with van der Waals surface area (Å²) in [7, 11) is 2.82. The number of benzene rings is 2. The fourth-order valence-corrected chi connectivity index (χ4v) is 7.55. The normalized spacial score (nSPS) is 14.0. The predicted molar refractivity (Wildman–Crippen MR) is 248 cm³/mol. The second-order valence-corrected chi connectivity index (χ2v) is 16.0. The van der Waals surface area contributed by atoms with Gasteiger partial charge in [-0.05, 0) is 56.0 Å². The fraction of sp³-hybridized carbons (Fsp3) is 0.283. The van der Waals surface area contributed by atoms with Crippen molar-refractivity contribution in [2.75, 3.05) is 39.2 Å². The molecular weight excluding hydrogens is 875 g/mol. The lowest BCUT2D eigenvalue weighted by Crippen LogP contribution is -2.51. The van der Waals surface area contributed by atoms with Crippen LogP contribution < -0.4 is 26.6 Å². The Morgan fingerprint density at radius 2 is 1.39 bits per heavy atom. The Morgan fingerprint density at radius 3 is 1.92 bits per heavy atom. The topological polar surface area (TPSA) is 273 Å². The molecule has 4 amide bonds. The fourth-order valence-electron chi connectivity index (χ4n) is 6.60. The summed E-state index contributed by atoms with van der Waals surface area (Å²) in [6, 6.07) is 12.4. The minimum atomic E-state index is -1.31. The third-order valence-corrected chi connectivity index (χ3v) is 11.2. The standard InChI is InChI=1S/C46H51N7O12S/c1-9-34(55)64-20-28(21-65-35(56)10-2)49-26(5)42(57)52-40-38(44(59)47-7)36(29-17-13-11-15-24(29)3)31(50-40)19-32-37(30-18-14-12-16-25(30)4)39(45(60)48-8)41(51-32)53-43(58)27(6)66-33(46(61)62)22-63-23-54/h9-19,23,26-28,33,49,51H,1-2,20-22H2,3-8H3,(H,47,59)(H,48,60)(H,53,58)(H,61,62)(H,50,52,57)/b31-19-. The number of aryl methyl sites for hydroxylation is 2. The third-order valence-electron chi connectivity index (χ3n) is 9.91. The molecule has 1 aliphatic heterocycles. The third kappa shape index (κ3) is 12.8. The number of carbonyl (C=O) groups is 8. The summed E-state index contributed by atoms with van der Waals surface area (Å²) in [6.45, 7) is 12.3. The number of esters is 2. The molecule has 348 valence electrons. The highest BCUT2D eigenvalue weighted by Gasteiger charge is 2.35. The molecule has 1 aliphatic rings. The van der Waals surface area contributed by atoms with E-state index in [9.17, 15) is 43.5 Å². The van der Waals surface area contributed by atoms with E-state index in [2.05, 4.69) is 49.5 Å². The smallest absolute Gasteiger partial charge is 0.330 e. The monoisotopic (exact) mass is 925 g/mol. The highest BCUT2D eigenvalue weighted by Crippen LogP contribution is 2.41. The number of amidine groups is 1. The maximum Gasteiger partial charge on any atom is 0.330 e. The average Bonchev–Trinajstić information content (AvgIpc) is 3.84. The Bertz CT molecular complexity index is 2480. The Labute approximate surface area is 384 Å². The molecule has 0 aliphatic carbocycles. The zero-order valence-electron chi connectivity index (χ0n) is 37.1. The van der Waals surface area contributed by atoms with E-state index in [1.807, 2.05) is 38.1 Å². The number of aliphatic carboxylic acids is 1. The van der Waals surface area contributed by atoms with Crippen LogP contribution in [0.15, 0.2) is 90.1 Å². The molecule has 3 unspecified atom stereocenters.